The maximum atomic E-state index is 6.88. The molecule has 0 N–H and O–H groups in total. The van der Waals surface area contributed by atoms with E-state index in [1.54, 1.807) is 0 Å². The fourth-order valence-corrected chi connectivity index (χ4v) is 8.31. The summed E-state index contributed by atoms with van der Waals surface area (Å²) in [6.45, 7) is 2.44. The molecule has 0 radical (unpaired) electrons. The molecule has 2 heterocycles. The number of rotatable bonds is 2. The topological polar surface area (TPSA) is 18.5 Å². The maximum Gasteiger partial charge on any atom is 0.237 e. The number of fused-ring (bicyclic) bond motifs is 8. The molecule has 0 bridgehead atoms. The van der Waals surface area contributed by atoms with E-state index < -0.39 is 0 Å². The van der Waals surface area contributed by atoms with E-state index in [4.69, 9.17) is 9.47 Å². The minimum absolute atomic E-state index is 0.0743. The fourth-order valence-electron chi connectivity index (χ4n) is 8.31. The molecule has 0 aromatic heterocycles. The van der Waals surface area contributed by atoms with Gasteiger partial charge in [-0.25, -0.2) is 0 Å². The van der Waals surface area contributed by atoms with Crippen molar-refractivity contribution in [2.45, 2.75) is 18.3 Å². The highest BCUT2D eigenvalue weighted by atomic mass is 16.5. The monoisotopic (exact) mass is 588 g/mol. The summed E-state index contributed by atoms with van der Waals surface area (Å²) in [5.74, 6) is 2.70. The van der Waals surface area contributed by atoms with Crippen LogP contribution in [0.2, 0.25) is 5.31 Å². The van der Waals surface area contributed by atoms with Crippen molar-refractivity contribution < 1.29 is 9.47 Å². The molecule has 0 amide bonds. The SMILES string of the molecule is CC12C=CC=CC1Oc1cc(-c3ccccc3-c3c4ccccc4cc4c3ccc3ccccc34)cc3c1B2c1ccccc1O3. The highest BCUT2D eigenvalue weighted by molar-refractivity contribution is 6.90. The Morgan fingerprint density at radius 2 is 1.33 bits per heavy atom. The van der Waals surface area contributed by atoms with Crippen LogP contribution in [0, 0.1) is 0 Å². The number of benzene rings is 7. The standard InChI is InChI=1S/C43H29BO2/c1-43-23-11-10-20-40(43)46-39-26-29(25-38-42(39)44(43)36-18-8-9-19-37(36)45-38)31-15-6-7-17-33(31)41-32-16-5-3-13-28(32)24-35-30-14-4-2-12-27(30)21-22-34(35)41/h2-26,40H,1H3. The van der Waals surface area contributed by atoms with Crippen LogP contribution in [-0.4, -0.2) is 12.8 Å². The molecule has 1 aliphatic carbocycles. The zero-order valence-electron chi connectivity index (χ0n) is 25.4. The van der Waals surface area contributed by atoms with Crippen molar-refractivity contribution in [1.29, 1.82) is 0 Å². The van der Waals surface area contributed by atoms with Crippen molar-refractivity contribution in [3.8, 4) is 39.5 Å². The van der Waals surface area contributed by atoms with E-state index in [0.29, 0.717) is 0 Å². The largest absolute Gasteiger partial charge is 0.487 e. The van der Waals surface area contributed by atoms with Gasteiger partial charge in [-0.1, -0.05) is 128 Å². The van der Waals surface area contributed by atoms with Gasteiger partial charge in [-0.15, -0.1) is 0 Å². The van der Waals surface area contributed by atoms with Gasteiger partial charge in [-0.3, -0.25) is 0 Å². The fraction of sp³-hybridized carbons (Fsp3) is 0.0698. The lowest BCUT2D eigenvalue weighted by atomic mass is 9.24. The zero-order chi connectivity index (χ0) is 30.4. The molecule has 2 aliphatic heterocycles. The molecule has 0 saturated heterocycles. The first kappa shape index (κ1) is 25.8. The van der Waals surface area contributed by atoms with Crippen LogP contribution in [-0.2, 0) is 0 Å². The highest BCUT2D eigenvalue weighted by Gasteiger charge is 2.53. The number of allylic oxidation sites excluding steroid dienone is 2. The molecular formula is C43H29BO2. The summed E-state index contributed by atoms with van der Waals surface area (Å²) < 4.78 is 13.6. The van der Waals surface area contributed by atoms with Gasteiger partial charge in [-0.05, 0) is 90.4 Å². The first-order valence-corrected chi connectivity index (χ1v) is 16.1. The minimum Gasteiger partial charge on any atom is -0.487 e. The van der Waals surface area contributed by atoms with E-state index in [9.17, 15) is 0 Å². The number of ether oxygens (including phenoxy) is 2. The quantitative estimate of drug-likeness (QED) is 0.114. The van der Waals surface area contributed by atoms with Crippen molar-refractivity contribution in [3.63, 3.8) is 0 Å². The van der Waals surface area contributed by atoms with Crippen LogP contribution in [0.1, 0.15) is 6.92 Å². The molecule has 3 aliphatic rings. The van der Waals surface area contributed by atoms with Crippen molar-refractivity contribution >= 4 is 50.0 Å². The van der Waals surface area contributed by atoms with Crippen molar-refractivity contribution in [1.82, 2.24) is 0 Å². The lowest BCUT2D eigenvalue weighted by molar-refractivity contribution is 0.209. The predicted molar refractivity (Wildman–Crippen MR) is 192 cm³/mol. The number of hydrogen-bond acceptors (Lipinski definition) is 2. The number of para-hydroxylation sites is 1. The summed E-state index contributed by atoms with van der Waals surface area (Å²) in [6, 6.07) is 46.1. The third-order valence-corrected chi connectivity index (χ3v) is 10.5. The zero-order valence-corrected chi connectivity index (χ0v) is 25.4. The Balaban J connectivity index is 1.24. The molecule has 2 unspecified atom stereocenters. The third-order valence-electron chi connectivity index (χ3n) is 10.5. The predicted octanol–water partition coefficient (Wildman–Crippen LogP) is 9.84. The van der Waals surface area contributed by atoms with Crippen LogP contribution in [0.25, 0.3) is 54.6 Å². The smallest absolute Gasteiger partial charge is 0.237 e. The molecule has 2 nitrogen and oxygen atoms in total. The summed E-state index contributed by atoms with van der Waals surface area (Å²) >= 11 is 0. The molecule has 7 aromatic rings. The van der Waals surface area contributed by atoms with Crippen LogP contribution < -0.4 is 20.4 Å². The molecule has 0 fully saturated rings. The summed E-state index contributed by atoms with van der Waals surface area (Å²) in [7, 11) is 0. The second kappa shape index (κ2) is 9.48. The average molecular weight is 589 g/mol. The molecule has 7 aromatic carbocycles. The summed E-state index contributed by atoms with van der Waals surface area (Å²) in [5, 5.41) is 7.30. The van der Waals surface area contributed by atoms with Gasteiger partial charge in [0.2, 0.25) is 6.71 Å². The van der Waals surface area contributed by atoms with Gasteiger partial charge in [0.15, 0.2) is 0 Å². The van der Waals surface area contributed by atoms with Crippen LogP contribution in [0.4, 0.5) is 0 Å². The van der Waals surface area contributed by atoms with E-state index in [-0.39, 0.29) is 18.1 Å². The second-order valence-corrected chi connectivity index (χ2v) is 13.0. The molecule has 3 heteroatoms. The Morgan fingerprint density at radius 1 is 0.587 bits per heavy atom. The normalized spacial score (nSPS) is 19.0. The Morgan fingerprint density at radius 3 is 2.24 bits per heavy atom. The molecule has 0 saturated carbocycles. The molecule has 0 spiro atoms. The third kappa shape index (κ3) is 3.54. The maximum absolute atomic E-state index is 6.88. The summed E-state index contributed by atoms with van der Waals surface area (Å²) in [5.41, 5.74) is 7.04. The second-order valence-electron chi connectivity index (χ2n) is 13.0. The van der Waals surface area contributed by atoms with Gasteiger partial charge >= 0.3 is 0 Å². The Labute approximate surface area is 268 Å². The Kier molecular flexibility index (Phi) is 5.31. The first-order chi connectivity index (χ1) is 22.7. The number of hydrogen-bond donors (Lipinski definition) is 0. The van der Waals surface area contributed by atoms with Crippen LogP contribution in [0.5, 0.6) is 17.2 Å². The van der Waals surface area contributed by atoms with E-state index in [2.05, 4.69) is 159 Å². The van der Waals surface area contributed by atoms with Gasteiger partial charge in [0.25, 0.3) is 0 Å². The first-order valence-electron chi connectivity index (χ1n) is 16.1. The molecular weight excluding hydrogens is 559 g/mol. The molecule has 216 valence electrons. The molecule has 2 atom stereocenters. The van der Waals surface area contributed by atoms with Crippen LogP contribution in [0.15, 0.2) is 152 Å². The Bertz CT molecular complexity index is 2470. The van der Waals surface area contributed by atoms with Crippen LogP contribution >= 0.6 is 0 Å². The minimum atomic E-state index is -0.222. The lowest BCUT2D eigenvalue weighted by Gasteiger charge is -2.47. The van der Waals surface area contributed by atoms with Crippen molar-refractivity contribution in [2.75, 3.05) is 0 Å². The summed E-state index contributed by atoms with van der Waals surface area (Å²) in [4.78, 5) is 0. The van der Waals surface area contributed by atoms with Gasteiger partial charge in [0.1, 0.15) is 23.4 Å². The van der Waals surface area contributed by atoms with E-state index >= 15 is 0 Å². The van der Waals surface area contributed by atoms with Crippen molar-refractivity contribution in [2.24, 2.45) is 0 Å². The van der Waals surface area contributed by atoms with E-state index in [1.807, 2.05) is 0 Å². The molecule has 46 heavy (non-hydrogen) atoms. The van der Waals surface area contributed by atoms with Gasteiger partial charge < -0.3 is 9.47 Å². The molecule has 10 rings (SSSR count). The average Bonchev–Trinajstić information content (AvgIpc) is 3.10. The summed E-state index contributed by atoms with van der Waals surface area (Å²) in [6.07, 6.45) is 8.71. The van der Waals surface area contributed by atoms with E-state index in [1.165, 1.54) is 48.9 Å². The van der Waals surface area contributed by atoms with E-state index in [0.717, 1.165) is 33.8 Å². The van der Waals surface area contributed by atoms with Crippen LogP contribution in [0.3, 0.4) is 0 Å². The van der Waals surface area contributed by atoms with Gasteiger partial charge in [-0.2, -0.15) is 0 Å². The Hall–Kier alpha value is -5.54. The highest BCUT2D eigenvalue weighted by Crippen LogP contribution is 2.50. The lowest BCUT2D eigenvalue weighted by Crippen LogP contribution is -2.61. The van der Waals surface area contributed by atoms with Gasteiger partial charge in [0, 0.05) is 10.8 Å². The van der Waals surface area contributed by atoms with Gasteiger partial charge in [0.05, 0.1) is 0 Å². The van der Waals surface area contributed by atoms with Crippen molar-refractivity contribution in [3.05, 3.63) is 152 Å².